The summed E-state index contributed by atoms with van der Waals surface area (Å²) in [7, 11) is 3.49. The van der Waals surface area contributed by atoms with Crippen LogP contribution >= 0.6 is 26.9 Å². The molecule has 0 aliphatic carbocycles. The first-order valence-corrected chi connectivity index (χ1v) is 9.60. The van der Waals surface area contributed by atoms with Crippen molar-refractivity contribution in [3.63, 3.8) is 0 Å². The third kappa shape index (κ3) is 24.6. The molecule has 70 valence electrons. The molecule has 4 nitrogen and oxygen atoms in total. The second-order valence-corrected chi connectivity index (χ2v) is 8.22. The summed E-state index contributed by atoms with van der Waals surface area (Å²) in [6, 6.07) is 0. The Labute approximate surface area is 89.2 Å². The van der Waals surface area contributed by atoms with E-state index in [0.29, 0.717) is 13.9 Å². The van der Waals surface area contributed by atoms with E-state index in [9.17, 15) is 0 Å². The molecule has 4 radical (unpaired) electrons. The van der Waals surface area contributed by atoms with Gasteiger partial charge in [0.25, 0.3) is 0 Å². The Kier molecular flexibility index (Phi) is 23.8. The van der Waals surface area contributed by atoms with E-state index in [2.05, 4.69) is 61.7 Å². The summed E-state index contributed by atoms with van der Waals surface area (Å²) >= 11 is 6.80. The minimum atomic E-state index is 0.575. The fourth-order valence-corrected chi connectivity index (χ4v) is 0.188. The SMILES string of the molecule is CN[C]NN[C]NC.[Br][Pd][Br]. The van der Waals surface area contributed by atoms with Crippen molar-refractivity contribution >= 4 is 26.9 Å². The second kappa shape index (κ2) is 17.5. The van der Waals surface area contributed by atoms with Gasteiger partial charge in [0.1, 0.15) is 0 Å². The van der Waals surface area contributed by atoms with Gasteiger partial charge in [-0.15, -0.1) is 0 Å². The number of hydrogen-bond donors (Lipinski definition) is 4. The predicted molar refractivity (Wildman–Crippen MR) is 48.7 cm³/mol. The van der Waals surface area contributed by atoms with Gasteiger partial charge in [0.05, 0.1) is 0 Å². The monoisotopic (exact) mass is 378 g/mol. The molecule has 0 aromatic carbocycles. The van der Waals surface area contributed by atoms with Crippen molar-refractivity contribution in [1.29, 1.82) is 0 Å². The van der Waals surface area contributed by atoms with Crippen molar-refractivity contribution in [2.45, 2.75) is 0 Å². The summed E-state index contributed by atoms with van der Waals surface area (Å²) in [6.07, 6.45) is 0. The first-order valence-electron chi connectivity index (χ1n) is 2.49. The quantitative estimate of drug-likeness (QED) is 0.238. The number of hydrazine groups is 1. The van der Waals surface area contributed by atoms with Crippen LogP contribution in [0.5, 0.6) is 0 Å². The van der Waals surface area contributed by atoms with Gasteiger partial charge < -0.3 is 0 Å². The average Bonchev–Trinajstić information content (AvgIpc) is 2.00. The Balaban J connectivity index is 0. The van der Waals surface area contributed by atoms with Crippen molar-refractivity contribution in [3.8, 4) is 0 Å². The third-order valence-corrected chi connectivity index (χ3v) is 0.438. The van der Waals surface area contributed by atoms with Gasteiger partial charge in [0.15, 0.2) is 13.3 Å². The van der Waals surface area contributed by atoms with Crippen molar-refractivity contribution in [1.82, 2.24) is 21.5 Å². The predicted octanol–water partition coefficient (Wildman–Crippen LogP) is 0.201. The van der Waals surface area contributed by atoms with Gasteiger partial charge >= 0.3 is 40.8 Å². The molecular formula is C4H10Br2N4Pd. The summed E-state index contributed by atoms with van der Waals surface area (Å²) in [6.45, 7) is 5.14. The van der Waals surface area contributed by atoms with E-state index in [-0.39, 0.29) is 0 Å². The maximum absolute atomic E-state index is 3.11. The number of halogens is 2. The van der Waals surface area contributed by atoms with Gasteiger partial charge in [0, 0.05) is 0 Å². The van der Waals surface area contributed by atoms with E-state index in [0.717, 1.165) is 0 Å². The average molecular weight is 380 g/mol. The molecule has 0 aliphatic rings. The van der Waals surface area contributed by atoms with Crippen molar-refractivity contribution in [3.05, 3.63) is 13.3 Å². The number of rotatable bonds is 5. The van der Waals surface area contributed by atoms with E-state index in [1.54, 1.807) is 14.1 Å². The van der Waals surface area contributed by atoms with Crippen LogP contribution in [0.3, 0.4) is 0 Å². The van der Waals surface area contributed by atoms with Crippen molar-refractivity contribution in [2.24, 2.45) is 0 Å². The molecule has 0 aromatic rings. The molecule has 0 spiro atoms. The Morgan fingerprint density at radius 2 is 1.27 bits per heavy atom. The van der Waals surface area contributed by atoms with E-state index in [4.69, 9.17) is 0 Å². The standard InChI is InChI=1S/C4H10N4.2BrH.Pd/c1-5-3-7-8-4-6-2;;;/h5-8H,1-2H3;2*1H;/q;;;+2/p-2. The summed E-state index contributed by atoms with van der Waals surface area (Å²) in [5.74, 6) is 0. The molecule has 0 saturated heterocycles. The molecular weight excluding hydrogens is 370 g/mol. The van der Waals surface area contributed by atoms with Crippen LogP contribution in [0.4, 0.5) is 0 Å². The molecule has 11 heavy (non-hydrogen) atoms. The molecule has 0 unspecified atom stereocenters. The van der Waals surface area contributed by atoms with Crippen LogP contribution in [0.1, 0.15) is 0 Å². The number of hydrogen-bond acceptors (Lipinski definition) is 4. The van der Waals surface area contributed by atoms with E-state index in [1.165, 1.54) is 0 Å². The fourth-order valence-electron chi connectivity index (χ4n) is 0.188. The minimum absolute atomic E-state index is 0.575. The Bertz CT molecular complexity index is 53.4. The summed E-state index contributed by atoms with van der Waals surface area (Å²) in [4.78, 5) is 0. The van der Waals surface area contributed by atoms with Gasteiger partial charge in [0.2, 0.25) is 0 Å². The van der Waals surface area contributed by atoms with E-state index in [1.807, 2.05) is 0 Å². The first kappa shape index (κ1) is 15.0. The van der Waals surface area contributed by atoms with Crippen LogP contribution in [0, 0.1) is 13.3 Å². The van der Waals surface area contributed by atoms with Gasteiger partial charge in [-0.25, -0.2) is 10.9 Å². The van der Waals surface area contributed by atoms with Crippen LogP contribution in [-0.2, 0) is 13.9 Å². The van der Waals surface area contributed by atoms with Gasteiger partial charge in [-0.1, -0.05) is 0 Å². The fraction of sp³-hybridized carbons (Fsp3) is 0.500. The van der Waals surface area contributed by atoms with Gasteiger partial charge in [-0.2, -0.15) is 0 Å². The van der Waals surface area contributed by atoms with Crippen LogP contribution in [-0.4, -0.2) is 14.1 Å². The van der Waals surface area contributed by atoms with Crippen LogP contribution < -0.4 is 21.5 Å². The molecule has 7 heteroatoms. The second-order valence-electron chi connectivity index (χ2n) is 1.05. The topological polar surface area (TPSA) is 48.1 Å². The molecule has 0 aliphatic heterocycles. The third-order valence-electron chi connectivity index (χ3n) is 0.438. The Hall–Kier alpha value is 1.46. The summed E-state index contributed by atoms with van der Waals surface area (Å²) in [5, 5.41) is 5.27. The molecule has 0 amide bonds. The maximum atomic E-state index is 3.11. The Morgan fingerprint density at radius 3 is 1.45 bits per heavy atom. The molecule has 0 saturated carbocycles. The summed E-state index contributed by atoms with van der Waals surface area (Å²) < 4.78 is 0. The van der Waals surface area contributed by atoms with Crippen LogP contribution in [0.15, 0.2) is 0 Å². The van der Waals surface area contributed by atoms with Crippen molar-refractivity contribution < 1.29 is 13.9 Å². The Morgan fingerprint density at radius 1 is 1.00 bits per heavy atom. The molecule has 0 rings (SSSR count). The molecule has 0 atom stereocenters. The number of nitrogens with one attached hydrogen (secondary N) is 4. The van der Waals surface area contributed by atoms with Gasteiger partial charge in [-0.3, -0.25) is 10.6 Å². The molecule has 0 bridgehead atoms. The first-order chi connectivity index (χ1) is 5.33. The molecule has 0 fully saturated rings. The van der Waals surface area contributed by atoms with Crippen molar-refractivity contribution in [2.75, 3.05) is 14.1 Å². The molecule has 0 aromatic heterocycles. The van der Waals surface area contributed by atoms with E-state index < -0.39 is 0 Å². The normalized spacial score (nSPS) is 9.09. The van der Waals surface area contributed by atoms with E-state index >= 15 is 0 Å². The van der Waals surface area contributed by atoms with Crippen LogP contribution in [0.25, 0.3) is 0 Å². The van der Waals surface area contributed by atoms with Gasteiger partial charge in [-0.05, 0) is 14.1 Å². The molecule has 4 N–H and O–H groups in total. The zero-order valence-corrected chi connectivity index (χ0v) is 10.8. The molecule has 0 heterocycles. The zero-order valence-electron chi connectivity index (χ0n) is 6.07. The zero-order chi connectivity index (χ0) is 8.95. The van der Waals surface area contributed by atoms with Crippen LogP contribution in [0.2, 0.25) is 0 Å². The summed E-state index contributed by atoms with van der Waals surface area (Å²) in [5.41, 5.74) is 5.10.